The lowest BCUT2D eigenvalue weighted by Gasteiger charge is -2.35. The molecule has 2 rings (SSSR count). The molecule has 0 amide bonds. The van der Waals surface area contributed by atoms with Gasteiger partial charge in [0, 0.05) is 38.6 Å². The summed E-state index contributed by atoms with van der Waals surface area (Å²) in [5.41, 5.74) is 0.193. The first-order valence-electron chi connectivity index (χ1n) is 7.62. The van der Waals surface area contributed by atoms with E-state index in [1.807, 2.05) is 0 Å². The highest BCUT2D eigenvalue weighted by Gasteiger charge is 2.34. The molecule has 1 heterocycles. The number of halogens is 9. The Morgan fingerprint density at radius 1 is 1.04 bits per heavy atom. The van der Waals surface area contributed by atoms with Crippen molar-refractivity contribution in [3.8, 4) is 5.75 Å². The Morgan fingerprint density at radius 2 is 1.63 bits per heavy atom. The van der Waals surface area contributed by atoms with Crippen molar-refractivity contribution in [1.82, 2.24) is 10.2 Å². The van der Waals surface area contributed by atoms with Gasteiger partial charge in [-0.05, 0) is 24.1 Å². The molecule has 1 aliphatic rings. The predicted molar refractivity (Wildman–Crippen MR) is 90.1 cm³/mol. The minimum absolute atomic E-state index is 0. The lowest BCUT2D eigenvalue weighted by atomic mass is 9.99. The lowest BCUT2D eigenvalue weighted by Crippen LogP contribution is -2.45. The van der Waals surface area contributed by atoms with Gasteiger partial charge in [0.15, 0.2) is 11.6 Å². The molecule has 1 fully saturated rings. The number of piperazine rings is 1. The van der Waals surface area contributed by atoms with Crippen molar-refractivity contribution in [2.45, 2.75) is 31.4 Å². The highest BCUT2D eigenvalue weighted by atomic mass is 35.5. The second-order valence-corrected chi connectivity index (χ2v) is 5.69. The Labute approximate surface area is 164 Å². The van der Waals surface area contributed by atoms with Gasteiger partial charge >= 0.3 is 12.5 Å². The van der Waals surface area contributed by atoms with Crippen molar-refractivity contribution in [3.05, 3.63) is 29.6 Å². The average molecular weight is 447 g/mol. The monoisotopic (exact) mass is 446 g/mol. The van der Waals surface area contributed by atoms with Crippen LogP contribution in [0.3, 0.4) is 0 Å². The fourth-order valence-corrected chi connectivity index (χ4v) is 2.79. The molecule has 1 atom stereocenters. The largest absolute Gasteiger partial charge is 0.573 e. The van der Waals surface area contributed by atoms with Gasteiger partial charge in [-0.2, -0.15) is 13.2 Å². The molecular formula is C15H19Cl2F7N2O. The van der Waals surface area contributed by atoms with Crippen molar-refractivity contribution in [3.63, 3.8) is 0 Å². The first-order chi connectivity index (χ1) is 11.6. The van der Waals surface area contributed by atoms with Crippen LogP contribution in [-0.4, -0.2) is 43.6 Å². The second-order valence-electron chi connectivity index (χ2n) is 5.69. The van der Waals surface area contributed by atoms with E-state index in [1.165, 1.54) is 6.07 Å². The zero-order valence-corrected chi connectivity index (χ0v) is 15.5. The van der Waals surface area contributed by atoms with E-state index in [9.17, 15) is 30.7 Å². The number of nitrogens with zero attached hydrogens (tertiary/aromatic N) is 1. The summed E-state index contributed by atoms with van der Waals surface area (Å²) < 4.78 is 91.8. The van der Waals surface area contributed by atoms with Crippen molar-refractivity contribution in [2.75, 3.05) is 26.2 Å². The fraction of sp³-hybridized carbons (Fsp3) is 0.600. The molecule has 0 radical (unpaired) electrons. The van der Waals surface area contributed by atoms with E-state index in [2.05, 4.69) is 10.1 Å². The molecule has 1 saturated heterocycles. The number of hydrogen-bond acceptors (Lipinski definition) is 3. The van der Waals surface area contributed by atoms with Gasteiger partial charge in [0.05, 0.1) is 0 Å². The molecule has 158 valence electrons. The number of nitrogens with one attached hydrogen (secondary N) is 1. The van der Waals surface area contributed by atoms with E-state index in [1.54, 1.807) is 4.90 Å². The van der Waals surface area contributed by atoms with E-state index in [0.717, 1.165) is 12.1 Å². The van der Waals surface area contributed by atoms with Crippen LogP contribution in [-0.2, 0) is 0 Å². The van der Waals surface area contributed by atoms with Crippen molar-refractivity contribution < 1.29 is 35.5 Å². The predicted octanol–water partition coefficient (Wildman–Crippen LogP) is 4.86. The Kier molecular flexibility index (Phi) is 10.2. The van der Waals surface area contributed by atoms with Crippen LogP contribution in [0.4, 0.5) is 30.7 Å². The SMILES string of the molecule is Cl.Cl.Fc1cc([C@@H](CCC(F)(F)F)N2CCNCC2)ccc1OC(F)(F)F. The third kappa shape index (κ3) is 8.71. The standard InChI is InChI=1S/C15H17F7N2O.2ClH/c16-11-9-10(1-2-13(11)25-15(20,21)22)12(3-4-14(17,18)19)24-7-5-23-6-8-24;;/h1-2,9,12,23H,3-8H2;2*1H/t12-;;/m1../s1. The van der Waals surface area contributed by atoms with Gasteiger partial charge in [0.25, 0.3) is 0 Å². The molecule has 1 aliphatic heterocycles. The maximum Gasteiger partial charge on any atom is 0.573 e. The smallest absolute Gasteiger partial charge is 0.403 e. The molecule has 0 aliphatic carbocycles. The second kappa shape index (κ2) is 10.5. The first kappa shape index (κ1) is 26.0. The average Bonchev–Trinajstić information content (AvgIpc) is 2.49. The third-order valence-electron chi connectivity index (χ3n) is 3.86. The topological polar surface area (TPSA) is 24.5 Å². The summed E-state index contributed by atoms with van der Waals surface area (Å²) in [7, 11) is 0. The van der Waals surface area contributed by atoms with Crippen LogP contribution >= 0.6 is 24.8 Å². The van der Waals surface area contributed by atoms with Gasteiger partial charge in [-0.1, -0.05) is 6.07 Å². The van der Waals surface area contributed by atoms with E-state index < -0.39 is 36.6 Å². The quantitative estimate of drug-likeness (QED) is 0.653. The molecule has 0 unspecified atom stereocenters. The Morgan fingerprint density at radius 3 is 2.11 bits per heavy atom. The molecule has 3 nitrogen and oxygen atoms in total. The molecule has 0 aromatic heterocycles. The summed E-state index contributed by atoms with van der Waals surface area (Å²) in [6, 6.07) is 2.04. The minimum atomic E-state index is -5.05. The summed E-state index contributed by atoms with van der Waals surface area (Å²) in [6.45, 7) is 2.07. The van der Waals surface area contributed by atoms with Crippen molar-refractivity contribution >= 4 is 24.8 Å². The Balaban J connectivity index is 0.00000338. The summed E-state index contributed by atoms with van der Waals surface area (Å²) in [5, 5.41) is 3.06. The number of hydrogen-bond donors (Lipinski definition) is 1. The van der Waals surface area contributed by atoms with Gasteiger partial charge in [0.1, 0.15) is 0 Å². The van der Waals surface area contributed by atoms with Crippen LogP contribution in [0, 0.1) is 5.82 Å². The summed E-state index contributed by atoms with van der Waals surface area (Å²) in [5.74, 6) is -2.27. The normalized spacial score (nSPS) is 16.9. The van der Waals surface area contributed by atoms with Gasteiger partial charge in [-0.15, -0.1) is 38.0 Å². The van der Waals surface area contributed by atoms with E-state index in [4.69, 9.17) is 0 Å². The maximum atomic E-state index is 13.9. The number of benzene rings is 1. The van der Waals surface area contributed by atoms with Crippen LogP contribution in [0.2, 0.25) is 0 Å². The number of alkyl halides is 6. The molecule has 1 N–H and O–H groups in total. The lowest BCUT2D eigenvalue weighted by molar-refractivity contribution is -0.275. The molecule has 0 saturated carbocycles. The molecule has 0 bridgehead atoms. The zero-order chi connectivity index (χ0) is 18.7. The van der Waals surface area contributed by atoms with E-state index >= 15 is 0 Å². The molecular weight excluding hydrogens is 428 g/mol. The van der Waals surface area contributed by atoms with Crippen LogP contribution in [0.1, 0.15) is 24.4 Å². The molecule has 0 spiro atoms. The first-order valence-corrected chi connectivity index (χ1v) is 7.62. The van der Waals surface area contributed by atoms with Gasteiger partial charge < -0.3 is 10.1 Å². The Bertz CT molecular complexity index is 578. The maximum absolute atomic E-state index is 13.9. The van der Waals surface area contributed by atoms with Gasteiger partial charge in [-0.3, -0.25) is 4.90 Å². The molecule has 1 aromatic carbocycles. The van der Waals surface area contributed by atoms with Crippen LogP contribution in [0.25, 0.3) is 0 Å². The van der Waals surface area contributed by atoms with Gasteiger partial charge in [0.2, 0.25) is 0 Å². The summed E-state index contributed by atoms with van der Waals surface area (Å²) >= 11 is 0. The van der Waals surface area contributed by atoms with Crippen molar-refractivity contribution in [1.29, 1.82) is 0 Å². The van der Waals surface area contributed by atoms with Gasteiger partial charge in [-0.25, -0.2) is 4.39 Å². The highest BCUT2D eigenvalue weighted by molar-refractivity contribution is 5.85. The van der Waals surface area contributed by atoms with Crippen LogP contribution in [0.5, 0.6) is 5.75 Å². The third-order valence-corrected chi connectivity index (χ3v) is 3.86. The fourth-order valence-electron chi connectivity index (χ4n) is 2.79. The van der Waals surface area contributed by atoms with Crippen LogP contribution in [0.15, 0.2) is 18.2 Å². The van der Waals surface area contributed by atoms with Crippen molar-refractivity contribution in [2.24, 2.45) is 0 Å². The molecule has 27 heavy (non-hydrogen) atoms. The Hall–Kier alpha value is -0.970. The minimum Gasteiger partial charge on any atom is -0.403 e. The summed E-state index contributed by atoms with van der Waals surface area (Å²) in [6.07, 6.45) is -10.8. The molecule has 12 heteroatoms. The van der Waals surface area contributed by atoms with E-state index in [-0.39, 0.29) is 36.8 Å². The zero-order valence-electron chi connectivity index (χ0n) is 13.9. The highest BCUT2D eigenvalue weighted by Crippen LogP contribution is 2.34. The number of rotatable bonds is 5. The summed E-state index contributed by atoms with van der Waals surface area (Å²) in [4.78, 5) is 1.77. The van der Waals surface area contributed by atoms with E-state index in [0.29, 0.717) is 26.2 Å². The van der Waals surface area contributed by atoms with Crippen LogP contribution < -0.4 is 10.1 Å². The molecule has 1 aromatic rings. The number of ether oxygens (including phenoxy) is 1.